The monoisotopic (exact) mass is 292 g/mol. The highest BCUT2D eigenvalue weighted by molar-refractivity contribution is 7.85. The molecule has 0 spiro atoms. The van der Waals surface area contributed by atoms with E-state index in [-0.39, 0.29) is 11.9 Å². The predicted octanol–water partition coefficient (Wildman–Crippen LogP) is 1.69. The Morgan fingerprint density at radius 2 is 2.10 bits per heavy atom. The van der Waals surface area contributed by atoms with Crippen LogP contribution in [0.4, 0.5) is 5.69 Å². The third kappa shape index (κ3) is 3.03. The second-order valence-corrected chi connectivity index (χ2v) is 7.19. The van der Waals surface area contributed by atoms with Crippen molar-refractivity contribution in [3.63, 3.8) is 0 Å². The molecule has 0 aromatic heterocycles. The first-order chi connectivity index (χ1) is 9.72. The van der Waals surface area contributed by atoms with Crippen molar-refractivity contribution in [3.8, 4) is 0 Å². The lowest BCUT2D eigenvalue weighted by Gasteiger charge is -2.23. The van der Waals surface area contributed by atoms with Gasteiger partial charge < -0.3 is 10.6 Å². The minimum absolute atomic E-state index is 0.00365. The normalized spacial score (nSPS) is 25.4. The number of fused-ring (bicyclic) bond motifs is 1. The van der Waals surface area contributed by atoms with Gasteiger partial charge in [0.15, 0.2) is 0 Å². The Labute approximate surface area is 121 Å². The van der Waals surface area contributed by atoms with E-state index >= 15 is 0 Å². The van der Waals surface area contributed by atoms with E-state index in [2.05, 4.69) is 10.6 Å². The molecule has 2 aliphatic heterocycles. The summed E-state index contributed by atoms with van der Waals surface area (Å²) >= 11 is 0. The first-order valence-electron chi connectivity index (χ1n) is 7.25. The van der Waals surface area contributed by atoms with Gasteiger partial charge in [-0.05, 0) is 49.4 Å². The largest absolute Gasteiger partial charge is 0.385 e. The molecule has 0 bridgehead atoms. The molecule has 0 radical (unpaired) electrons. The van der Waals surface area contributed by atoms with Crippen molar-refractivity contribution in [2.75, 3.05) is 23.4 Å². The molecule has 2 aliphatic rings. The molecule has 0 atom stereocenters. The van der Waals surface area contributed by atoms with Gasteiger partial charge in [0, 0.05) is 46.1 Å². The van der Waals surface area contributed by atoms with Crippen LogP contribution in [0.15, 0.2) is 18.2 Å². The van der Waals surface area contributed by atoms with E-state index in [4.69, 9.17) is 0 Å². The second kappa shape index (κ2) is 5.95. The summed E-state index contributed by atoms with van der Waals surface area (Å²) in [7, 11) is -0.682. The third-order valence-corrected chi connectivity index (χ3v) is 5.41. The van der Waals surface area contributed by atoms with Gasteiger partial charge in [-0.3, -0.25) is 9.00 Å². The van der Waals surface area contributed by atoms with Gasteiger partial charge in [0.2, 0.25) is 0 Å². The number of carbonyl (C=O) groups is 1. The number of amides is 1. The number of anilines is 1. The highest BCUT2D eigenvalue weighted by atomic mass is 32.2. The van der Waals surface area contributed by atoms with Crippen molar-refractivity contribution >= 4 is 22.4 Å². The van der Waals surface area contributed by atoms with Gasteiger partial charge in [0.1, 0.15) is 0 Å². The maximum Gasteiger partial charge on any atom is 0.251 e. The molecule has 0 unspecified atom stereocenters. The quantitative estimate of drug-likeness (QED) is 0.872. The lowest BCUT2D eigenvalue weighted by atomic mass is 10.0. The van der Waals surface area contributed by atoms with Crippen LogP contribution in [0.1, 0.15) is 35.2 Å². The Bertz CT molecular complexity index is 535. The lowest BCUT2D eigenvalue weighted by Crippen LogP contribution is -2.39. The molecule has 108 valence electrons. The van der Waals surface area contributed by atoms with Crippen LogP contribution < -0.4 is 10.6 Å². The Kier molecular flexibility index (Phi) is 4.05. The Balaban J connectivity index is 1.66. The van der Waals surface area contributed by atoms with E-state index in [1.165, 1.54) is 5.56 Å². The van der Waals surface area contributed by atoms with E-state index in [1.54, 1.807) is 0 Å². The smallest absolute Gasteiger partial charge is 0.251 e. The topological polar surface area (TPSA) is 58.2 Å². The van der Waals surface area contributed by atoms with Crippen molar-refractivity contribution in [2.45, 2.75) is 31.7 Å². The van der Waals surface area contributed by atoms with Crippen LogP contribution >= 0.6 is 0 Å². The maximum atomic E-state index is 12.3. The lowest BCUT2D eigenvalue weighted by molar-refractivity contribution is 0.0934. The molecule has 1 fully saturated rings. The van der Waals surface area contributed by atoms with Crippen molar-refractivity contribution in [1.29, 1.82) is 0 Å². The Hall–Kier alpha value is -1.36. The van der Waals surface area contributed by atoms with Gasteiger partial charge in [0.25, 0.3) is 5.91 Å². The third-order valence-electron chi connectivity index (χ3n) is 4.03. The van der Waals surface area contributed by atoms with E-state index in [0.29, 0.717) is 11.5 Å². The molecule has 5 heteroatoms. The maximum absolute atomic E-state index is 12.3. The molecule has 1 aromatic rings. The molecule has 2 heterocycles. The number of hydrogen-bond acceptors (Lipinski definition) is 3. The van der Waals surface area contributed by atoms with Gasteiger partial charge in [0.05, 0.1) is 0 Å². The number of benzene rings is 1. The summed E-state index contributed by atoms with van der Waals surface area (Å²) in [6, 6.07) is 6.05. The average Bonchev–Trinajstić information content (AvgIpc) is 2.49. The van der Waals surface area contributed by atoms with Crippen LogP contribution in [-0.4, -0.2) is 34.2 Å². The molecule has 3 rings (SSSR count). The zero-order valence-electron chi connectivity index (χ0n) is 11.5. The van der Waals surface area contributed by atoms with E-state index in [0.717, 1.165) is 43.5 Å². The predicted molar refractivity (Wildman–Crippen MR) is 81.6 cm³/mol. The molecule has 20 heavy (non-hydrogen) atoms. The highest BCUT2D eigenvalue weighted by Crippen LogP contribution is 2.23. The van der Waals surface area contributed by atoms with E-state index in [9.17, 15) is 9.00 Å². The molecular formula is C15H20N2O2S. The molecule has 2 N–H and O–H groups in total. The number of aryl methyl sites for hydroxylation is 1. The molecule has 0 aliphatic carbocycles. The van der Waals surface area contributed by atoms with Crippen molar-refractivity contribution in [2.24, 2.45) is 0 Å². The zero-order chi connectivity index (χ0) is 13.9. The number of nitrogens with one attached hydrogen (secondary N) is 2. The van der Waals surface area contributed by atoms with E-state index < -0.39 is 10.8 Å². The minimum Gasteiger partial charge on any atom is -0.385 e. The molecule has 1 amide bonds. The van der Waals surface area contributed by atoms with Crippen molar-refractivity contribution in [1.82, 2.24) is 5.32 Å². The summed E-state index contributed by atoms with van der Waals surface area (Å²) in [6.45, 7) is 1.01. The summed E-state index contributed by atoms with van der Waals surface area (Å²) in [5.41, 5.74) is 3.12. The summed E-state index contributed by atoms with van der Waals surface area (Å²) in [6.07, 6.45) is 3.80. The first-order valence-corrected chi connectivity index (χ1v) is 8.74. The summed E-state index contributed by atoms with van der Waals surface area (Å²) in [5, 5.41) is 6.42. The van der Waals surface area contributed by atoms with Gasteiger partial charge >= 0.3 is 0 Å². The second-order valence-electron chi connectivity index (χ2n) is 5.50. The van der Waals surface area contributed by atoms with Gasteiger partial charge in [-0.1, -0.05) is 0 Å². The van der Waals surface area contributed by atoms with Crippen LogP contribution in [0.25, 0.3) is 0 Å². The van der Waals surface area contributed by atoms with Crippen LogP contribution in [0, 0.1) is 0 Å². The first kappa shape index (κ1) is 13.6. The molecular weight excluding hydrogens is 272 g/mol. The Morgan fingerprint density at radius 1 is 1.30 bits per heavy atom. The standard InChI is InChI=1S/C15H20N2O2S/c18-15(17-13-5-8-20(19)9-6-13)12-3-4-14-11(10-12)2-1-7-16-14/h3-4,10,13,16H,1-2,5-9H2,(H,17,18). The Morgan fingerprint density at radius 3 is 2.90 bits per heavy atom. The zero-order valence-corrected chi connectivity index (χ0v) is 12.3. The minimum atomic E-state index is -0.682. The molecule has 4 nitrogen and oxygen atoms in total. The summed E-state index contributed by atoms with van der Waals surface area (Å²) < 4.78 is 11.3. The number of carbonyl (C=O) groups excluding carboxylic acids is 1. The van der Waals surface area contributed by atoms with E-state index in [1.807, 2.05) is 18.2 Å². The number of rotatable bonds is 2. The van der Waals surface area contributed by atoms with Gasteiger partial charge in [-0.25, -0.2) is 0 Å². The SMILES string of the molecule is O=C(NC1CCS(=O)CC1)c1ccc2c(c1)CCCN2. The fourth-order valence-electron chi connectivity index (χ4n) is 2.82. The van der Waals surface area contributed by atoms with Crippen LogP contribution in [0.3, 0.4) is 0 Å². The molecule has 1 saturated heterocycles. The number of hydrogen-bond donors (Lipinski definition) is 2. The van der Waals surface area contributed by atoms with Crippen molar-refractivity contribution < 1.29 is 9.00 Å². The van der Waals surface area contributed by atoms with Gasteiger partial charge in [-0.2, -0.15) is 0 Å². The molecule has 0 saturated carbocycles. The summed E-state index contributed by atoms with van der Waals surface area (Å²) in [4.78, 5) is 12.3. The fourth-order valence-corrected chi connectivity index (χ4v) is 4.12. The molecule has 1 aromatic carbocycles. The van der Waals surface area contributed by atoms with Crippen LogP contribution in [0.2, 0.25) is 0 Å². The van der Waals surface area contributed by atoms with Crippen LogP contribution in [0.5, 0.6) is 0 Å². The average molecular weight is 292 g/mol. The fraction of sp³-hybridized carbons (Fsp3) is 0.533. The highest BCUT2D eigenvalue weighted by Gasteiger charge is 2.20. The van der Waals surface area contributed by atoms with Crippen molar-refractivity contribution in [3.05, 3.63) is 29.3 Å². The van der Waals surface area contributed by atoms with Crippen LogP contribution in [-0.2, 0) is 17.2 Å². The van der Waals surface area contributed by atoms with Gasteiger partial charge in [-0.15, -0.1) is 0 Å². The summed E-state index contributed by atoms with van der Waals surface area (Å²) in [5.74, 6) is 1.41.